The van der Waals surface area contributed by atoms with E-state index in [0.29, 0.717) is 12.1 Å². The fraction of sp³-hybridized carbons (Fsp3) is 0.571. The first-order valence-electron chi connectivity index (χ1n) is 6.59. The highest BCUT2D eigenvalue weighted by Crippen LogP contribution is 2.31. The molecule has 106 valence electrons. The van der Waals surface area contributed by atoms with Crippen molar-refractivity contribution >= 4 is 5.69 Å². The fourth-order valence-corrected chi connectivity index (χ4v) is 2.40. The number of benzene rings is 1. The number of piperazine rings is 1. The van der Waals surface area contributed by atoms with Crippen LogP contribution in [0.3, 0.4) is 0 Å². The fourth-order valence-electron chi connectivity index (χ4n) is 2.40. The Labute approximate surface area is 111 Å². The summed E-state index contributed by atoms with van der Waals surface area (Å²) in [4.78, 5) is 2.17. The van der Waals surface area contributed by atoms with Crippen LogP contribution in [0.2, 0.25) is 0 Å². The Balaban J connectivity index is 2.16. The van der Waals surface area contributed by atoms with Crippen molar-refractivity contribution in [3.63, 3.8) is 0 Å². The highest BCUT2D eigenvalue weighted by Gasteiger charge is 2.31. The van der Waals surface area contributed by atoms with Crippen molar-refractivity contribution in [1.29, 1.82) is 0 Å². The van der Waals surface area contributed by atoms with E-state index in [1.807, 2.05) is 0 Å². The highest BCUT2D eigenvalue weighted by atomic mass is 19.4. The van der Waals surface area contributed by atoms with Crippen LogP contribution in [-0.4, -0.2) is 25.2 Å². The summed E-state index contributed by atoms with van der Waals surface area (Å²) in [5.74, 6) is 0. The van der Waals surface area contributed by atoms with Gasteiger partial charge < -0.3 is 10.2 Å². The predicted molar refractivity (Wildman–Crippen MR) is 70.3 cm³/mol. The Morgan fingerprint density at radius 2 is 1.89 bits per heavy atom. The van der Waals surface area contributed by atoms with Crippen LogP contribution in [0.15, 0.2) is 24.3 Å². The van der Waals surface area contributed by atoms with Crippen LogP contribution < -0.4 is 10.2 Å². The molecule has 2 rings (SSSR count). The summed E-state index contributed by atoms with van der Waals surface area (Å²) in [5, 5.41) is 3.43. The maximum Gasteiger partial charge on any atom is 0.416 e. The molecule has 1 aromatic rings. The molecule has 0 saturated carbocycles. The largest absolute Gasteiger partial charge is 0.416 e. The molecular weight excluding hydrogens is 253 g/mol. The second-order valence-corrected chi connectivity index (χ2v) is 5.06. The number of hydrogen-bond acceptors (Lipinski definition) is 2. The van der Waals surface area contributed by atoms with Crippen molar-refractivity contribution in [2.24, 2.45) is 0 Å². The first kappa shape index (κ1) is 14.2. The van der Waals surface area contributed by atoms with Gasteiger partial charge in [-0.25, -0.2) is 0 Å². The molecule has 1 saturated heterocycles. The van der Waals surface area contributed by atoms with Gasteiger partial charge in [0.05, 0.1) is 5.56 Å². The lowest BCUT2D eigenvalue weighted by molar-refractivity contribution is -0.137. The Bertz CT molecular complexity index is 414. The van der Waals surface area contributed by atoms with E-state index in [-0.39, 0.29) is 0 Å². The van der Waals surface area contributed by atoms with Gasteiger partial charge in [0.15, 0.2) is 0 Å². The smallest absolute Gasteiger partial charge is 0.366 e. The third-order valence-corrected chi connectivity index (χ3v) is 3.67. The lowest BCUT2D eigenvalue weighted by Gasteiger charge is -2.40. The van der Waals surface area contributed by atoms with Crippen LogP contribution in [0.4, 0.5) is 18.9 Å². The minimum atomic E-state index is -4.26. The summed E-state index contributed by atoms with van der Waals surface area (Å²) in [5.41, 5.74) is 0.270. The molecule has 19 heavy (non-hydrogen) atoms. The molecule has 1 aliphatic rings. The van der Waals surface area contributed by atoms with Crippen molar-refractivity contribution < 1.29 is 13.2 Å². The number of anilines is 1. The number of nitrogens with one attached hydrogen (secondary N) is 1. The van der Waals surface area contributed by atoms with Gasteiger partial charge in [0.1, 0.15) is 0 Å². The van der Waals surface area contributed by atoms with Gasteiger partial charge in [0, 0.05) is 30.9 Å². The molecule has 2 unspecified atom stereocenters. The Hall–Kier alpha value is -1.23. The zero-order valence-electron chi connectivity index (χ0n) is 11.2. The first-order valence-corrected chi connectivity index (χ1v) is 6.59. The van der Waals surface area contributed by atoms with Crippen LogP contribution in [0, 0.1) is 0 Å². The average molecular weight is 272 g/mol. The number of alkyl halides is 3. The van der Waals surface area contributed by atoms with E-state index in [0.717, 1.165) is 37.3 Å². The molecule has 1 fully saturated rings. The molecule has 0 aliphatic carbocycles. The molecule has 1 aliphatic heterocycles. The quantitative estimate of drug-likeness (QED) is 0.888. The van der Waals surface area contributed by atoms with Crippen LogP contribution in [0.1, 0.15) is 25.8 Å². The lowest BCUT2D eigenvalue weighted by atomic mass is 10.1. The normalized spacial score (nSPS) is 24.6. The van der Waals surface area contributed by atoms with Crippen LogP contribution in [0.5, 0.6) is 0 Å². The molecule has 0 bridgehead atoms. The standard InChI is InChI=1S/C14H19F3N2/c1-3-12-9-19(10(2)8-18-12)13-6-4-11(5-7-13)14(15,16)17/h4-7,10,12,18H,3,8-9H2,1-2H3. The third-order valence-electron chi connectivity index (χ3n) is 3.67. The highest BCUT2D eigenvalue weighted by molar-refractivity contribution is 5.49. The lowest BCUT2D eigenvalue weighted by Crippen LogP contribution is -2.55. The van der Waals surface area contributed by atoms with Crippen molar-refractivity contribution in [3.8, 4) is 0 Å². The number of rotatable bonds is 2. The van der Waals surface area contributed by atoms with Crippen molar-refractivity contribution in [1.82, 2.24) is 5.32 Å². The molecule has 5 heteroatoms. The van der Waals surface area contributed by atoms with Gasteiger partial charge in [0.2, 0.25) is 0 Å². The summed E-state index contributed by atoms with van der Waals surface area (Å²) >= 11 is 0. The zero-order valence-corrected chi connectivity index (χ0v) is 11.2. The minimum Gasteiger partial charge on any atom is -0.366 e. The molecule has 1 N–H and O–H groups in total. The summed E-state index contributed by atoms with van der Waals surface area (Å²) in [7, 11) is 0. The Morgan fingerprint density at radius 1 is 1.26 bits per heavy atom. The van der Waals surface area contributed by atoms with Gasteiger partial charge in [-0.05, 0) is 37.6 Å². The molecule has 2 atom stereocenters. The summed E-state index contributed by atoms with van der Waals surface area (Å²) in [6.45, 7) is 5.89. The number of halogens is 3. The van der Waals surface area contributed by atoms with Crippen LogP contribution in [0.25, 0.3) is 0 Å². The predicted octanol–water partition coefficient (Wildman–Crippen LogP) is 3.28. The summed E-state index contributed by atoms with van der Waals surface area (Å²) in [6.07, 6.45) is -3.25. The molecule has 0 aromatic heterocycles. The van der Waals surface area contributed by atoms with E-state index < -0.39 is 11.7 Å². The molecule has 0 spiro atoms. The molecular formula is C14H19F3N2. The number of hydrogen-bond donors (Lipinski definition) is 1. The summed E-state index contributed by atoms with van der Waals surface area (Å²) in [6, 6.07) is 6.14. The van der Waals surface area contributed by atoms with Gasteiger partial charge in [-0.2, -0.15) is 13.2 Å². The maximum absolute atomic E-state index is 12.5. The molecule has 1 heterocycles. The SMILES string of the molecule is CCC1CN(c2ccc(C(F)(F)F)cc2)C(C)CN1. The van der Waals surface area contributed by atoms with E-state index in [1.165, 1.54) is 0 Å². The second-order valence-electron chi connectivity index (χ2n) is 5.06. The van der Waals surface area contributed by atoms with E-state index in [4.69, 9.17) is 0 Å². The average Bonchev–Trinajstić information content (AvgIpc) is 2.38. The van der Waals surface area contributed by atoms with E-state index in [1.54, 1.807) is 12.1 Å². The van der Waals surface area contributed by atoms with Crippen LogP contribution in [-0.2, 0) is 6.18 Å². The maximum atomic E-state index is 12.5. The van der Waals surface area contributed by atoms with Gasteiger partial charge in [-0.15, -0.1) is 0 Å². The molecule has 0 amide bonds. The molecule has 0 radical (unpaired) electrons. The number of nitrogens with zero attached hydrogens (tertiary/aromatic N) is 1. The van der Waals surface area contributed by atoms with E-state index in [9.17, 15) is 13.2 Å². The Morgan fingerprint density at radius 3 is 2.42 bits per heavy atom. The van der Waals surface area contributed by atoms with E-state index in [2.05, 4.69) is 24.1 Å². The van der Waals surface area contributed by atoms with Gasteiger partial charge >= 0.3 is 6.18 Å². The first-order chi connectivity index (χ1) is 8.91. The molecule has 1 aromatic carbocycles. The van der Waals surface area contributed by atoms with Crippen molar-refractivity contribution in [2.75, 3.05) is 18.0 Å². The van der Waals surface area contributed by atoms with E-state index >= 15 is 0 Å². The van der Waals surface area contributed by atoms with Crippen LogP contribution >= 0.6 is 0 Å². The second kappa shape index (κ2) is 5.41. The van der Waals surface area contributed by atoms with Crippen molar-refractivity contribution in [3.05, 3.63) is 29.8 Å². The molecule has 2 nitrogen and oxygen atoms in total. The van der Waals surface area contributed by atoms with Gasteiger partial charge in [0.25, 0.3) is 0 Å². The summed E-state index contributed by atoms with van der Waals surface area (Å²) < 4.78 is 37.6. The monoisotopic (exact) mass is 272 g/mol. The topological polar surface area (TPSA) is 15.3 Å². The minimum absolute atomic E-state index is 0.291. The van der Waals surface area contributed by atoms with Gasteiger partial charge in [-0.3, -0.25) is 0 Å². The third kappa shape index (κ3) is 3.21. The zero-order chi connectivity index (χ0) is 14.0. The Kier molecular flexibility index (Phi) is 4.04. The van der Waals surface area contributed by atoms with Crippen molar-refractivity contribution in [2.45, 2.75) is 38.5 Å². The van der Waals surface area contributed by atoms with Gasteiger partial charge in [-0.1, -0.05) is 6.92 Å².